The van der Waals surface area contributed by atoms with Gasteiger partial charge >= 0.3 is 11.9 Å². The lowest BCUT2D eigenvalue weighted by molar-refractivity contribution is -0.139. The smallest absolute Gasteiger partial charge is 0.341 e. The van der Waals surface area contributed by atoms with Crippen molar-refractivity contribution in [2.45, 2.75) is 97.9 Å². The van der Waals surface area contributed by atoms with Gasteiger partial charge in [-0.2, -0.15) is 0 Å². The molecule has 1 aromatic carbocycles. The Bertz CT molecular complexity index is 1220. The van der Waals surface area contributed by atoms with Gasteiger partial charge in [-0.05, 0) is 82.8 Å². The highest BCUT2D eigenvalue weighted by atomic mass is 16.5. The zero-order valence-corrected chi connectivity index (χ0v) is 28.4. The molecule has 46 heavy (non-hydrogen) atoms. The maximum atomic E-state index is 13.0. The van der Waals surface area contributed by atoms with Gasteiger partial charge in [-0.25, -0.2) is 9.59 Å². The van der Waals surface area contributed by atoms with Crippen LogP contribution in [-0.2, 0) is 14.3 Å². The molecule has 250 valence electrons. The van der Waals surface area contributed by atoms with Crippen molar-refractivity contribution in [3.05, 3.63) is 115 Å². The molecule has 0 fully saturated rings. The van der Waals surface area contributed by atoms with Gasteiger partial charge < -0.3 is 14.8 Å². The first kappa shape index (κ1) is 39.8. The number of esters is 2. The number of carbonyl (C=O) groups is 3. The molecule has 0 aromatic heterocycles. The first-order valence-electron chi connectivity index (χ1n) is 16.7. The normalized spacial score (nSPS) is 13.1. The van der Waals surface area contributed by atoms with E-state index in [1.165, 1.54) is 0 Å². The maximum absolute atomic E-state index is 13.0. The van der Waals surface area contributed by atoms with Gasteiger partial charge in [-0.3, -0.25) is 4.79 Å². The lowest BCUT2D eigenvalue weighted by atomic mass is 10.0. The Morgan fingerprint density at radius 2 is 1.17 bits per heavy atom. The highest BCUT2D eigenvalue weighted by molar-refractivity contribution is 5.94. The van der Waals surface area contributed by atoms with Crippen LogP contribution in [0.15, 0.2) is 109 Å². The van der Waals surface area contributed by atoms with Crippen molar-refractivity contribution in [3.8, 4) is 5.75 Å². The number of amides is 1. The number of rotatable bonds is 23. The number of carbonyl (C=O) groups excluding carboxylic acids is 3. The predicted molar refractivity (Wildman–Crippen MR) is 191 cm³/mol. The van der Waals surface area contributed by atoms with Gasteiger partial charge in [-0.15, -0.1) is 0 Å². The molecule has 0 saturated heterocycles. The molecule has 0 bridgehead atoms. The molecular weight excluding hydrogens is 574 g/mol. The summed E-state index contributed by atoms with van der Waals surface area (Å²) >= 11 is 0. The van der Waals surface area contributed by atoms with Crippen molar-refractivity contribution in [1.82, 2.24) is 5.32 Å². The fourth-order valence-corrected chi connectivity index (χ4v) is 4.19. The van der Waals surface area contributed by atoms with E-state index in [4.69, 9.17) is 9.47 Å². The third-order valence-electron chi connectivity index (χ3n) is 6.49. The van der Waals surface area contributed by atoms with E-state index in [2.05, 4.69) is 85.2 Å². The van der Waals surface area contributed by atoms with Crippen LogP contribution in [0.25, 0.3) is 0 Å². The lowest BCUT2D eigenvalue weighted by Crippen LogP contribution is -2.43. The molecule has 0 aliphatic heterocycles. The molecule has 1 N–H and O–H groups in total. The lowest BCUT2D eigenvalue weighted by Gasteiger charge is -2.20. The quantitative estimate of drug-likeness (QED) is 0.0740. The second-order valence-electron chi connectivity index (χ2n) is 11.0. The molecule has 0 radical (unpaired) electrons. The summed E-state index contributed by atoms with van der Waals surface area (Å²) in [6.45, 7) is 8.01. The van der Waals surface area contributed by atoms with Crippen LogP contribution in [0.2, 0.25) is 0 Å². The molecule has 6 nitrogen and oxygen atoms in total. The van der Waals surface area contributed by atoms with Gasteiger partial charge in [0.15, 0.2) is 0 Å². The average molecular weight is 630 g/mol. The number of para-hydroxylation sites is 1. The molecule has 0 saturated carbocycles. The highest BCUT2D eigenvalue weighted by Crippen LogP contribution is 2.20. The first-order chi connectivity index (χ1) is 22.4. The Morgan fingerprint density at radius 1 is 0.696 bits per heavy atom. The molecule has 0 heterocycles. The van der Waals surface area contributed by atoms with E-state index < -0.39 is 18.0 Å². The Balaban J connectivity index is 2.31. The summed E-state index contributed by atoms with van der Waals surface area (Å²) in [6.07, 6.45) is 38.1. The van der Waals surface area contributed by atoms with Crippen LogP contribution in [0.3, 0.4) is 0 Å². The predicted octanol–water partition coefficient (Wildman–Crippen LogP) is 9.72. The van der Waals surface area contributed by atoms with E-state index in [1.807, 2.05) is 26.0 Å². The van der Waals surface area contributed by atoms with Crippen LogP contribution in [0.5, 0.6) is 5.75 Å². The maximum Gasteiger partial charge on any atom is 0.341 e. The summed E-state index contributed by atoms with van der Waals surface area (Å²) < 4.78 is 10.6. The second kappa shape index (κ2) is 27.1. The third kappa shape index (κ3) is 20.7. The van der Waals surface area contributed by atoms with Gasteiger partial charge in [-0.1, -0.05) is 118 Å². The number of allylic oxidation sites excluding steroid dienone is 14. The molecule has 0 aliphatic rings. The monoisotopic (exact) mass is 629 g/mol. The van der Waals surface area contributed by atoms with E-state index >= 15 is 0 Å². The molecule has 1 unspecified atom stereocenters. The minimum atomic E-state index is -0.814. The van der Waals surface area contributed by atoms with Crippen molar-refractivity contribution >= 4 is 17.8 Å². The molecule has 1 atom stereocenters. The summed E-state index contributed by atoms with van der Waals surface area (Å²) in [7, 11) is 0. The van der Waals surface area contributed by atoms with Crippen LogP contribution in [0.4, 0.5) is 0 Å². The summed E-state index contributed by atoms with van der Waals surface area (Å²) in [5.41, 5.74) is 0.171. The molecule has 1 amide bonds. The Labute approximate surface area is 277 Å². The molecule has 0 aliphatic carbocycles. The van der Waals surface area contributed by atoms with E-state index in [-0.39, 0.29) is 36.2 Å². The largest absolute Gasteiger partial charge is 0.462 e. The minimum absolute atomic E-state index is 0.117. The summed E-state index contributed by atoms with van der Waals surface area (Å²) in [5, 5.41) is 2.81. The average Bonchev–Trinajstić information content (AvgIpc) is 3.03. The molecular formula is C40H55NO5. The Kier molecular flexibility index (Phi) is 23.5. The molecule has 1 aromatic rings. The highest BCUT2D eigenvalue weighted by Gasteiger charge is 2.25. The van der Waals surface area contributed by atoms with Gasteiger partial charge in [0.25, 0.3) is 0 Å². The van der Waals surface area contributed by atoms with Crippen LogP contribution >= 0.6 is 0 Å². The van der Waals surface area contributed by atoms with Crippen LogP contribution in [0.1, 0.15) is 102 Å². The number of hydrogen-bond acceptors (Lipinski definition) is 5. The third-order valence-corrected chi connectivity index (χ3v) is 6.49. The molecule has 0 spiro atoms. The number of benzene rings is 1. The standard InChI is InChI=1S/C40H55NO5/c1-5-7-8-9-10-11-12-13-14-15-16-17-18-19-20-21-22-23-24-25-26-27-32-38(42)41-36(33-34(3)4)40(44)46-37-31-29-28-30-35(37)39(43)45-6-2/h7-8,10-11,13-14,16-17,19-20,22-23,25-26,28-31,34,36H,5-6,9,12,15,18,21,24,27,32-33H2,1-4H3,(H,41,42)/b8-7-,11-10-,14-13-,17-16-,20-19-,23-22-,26-25-. The van der Waals surface area contributed by atoms with E-state index in [0.717, 1.165) is 44.9 Å². The topological polar surface area (TPSA) is 81.7 Å². The fraction of sp³-hybridized carbons (Fsp3) is 0.425. The van der Waals surface area contributed by atoms with Gasteiger partial charge in [0, 0.05) is 6.42 Å². The zero-order chi connectivity index (χ0) is 33.7. The summed E-state index contributed by atoms with van der Waals surface area (Å²) in [6, 6.07) is 5.62. The van der Waals surface area contributed by atoms with Gasteiger partial charge in [0.05, 0.1) is 6.61 Å². The van der Waals surface area contributed by atoms with Crippen molar-refractivity contribution in [1.29, 1.82) is 0 Å². The van der Waals surface area contributed by atoms with E-state index in [1.54, 1.807) is 31.2 Å². The summed E-state index contributed by atoms with van der Waals surface area (Å²) in [4.78, 5) is 37.8. The van der Waals surface area contributed by atoms with Crippen molar-refractivity contribution in [3.63, 3.8) is 0 Å². The van der Waals surface area contributed by atoms with Crippen LogP contribution in [-0.4, -0.2) is 30.5 Å². The first-order valence-corrected chi connectivity index (χ1v) is 16.7. The summed E-state index contributed by atoms with van der Waals surface area (Å²) in [5.74, 6) is -1.12. The number of ether oxygens (including phenoxy) is 2. The number of nitrogens with one attached hydrogen (secondary N) is 1. The number of hydrogen-bond donors (Lipinski definition) is 1. The Morgan fingerprint density at radius 3 is 1.65 bits per heavy atom. The Hall–Kier alpha value is -4.19. The van der Waals surface area contributed by atoms with Crippen LogP contribution in [0, 0.1) is 5.92 Å². The minimum Gasteiger partial charge on any atom is -0.462 e. The molecule has 1 rings (SSSR count). The van der Waals surface area contributed by atoms with E-state index in [9.17, 15) is 14.4 Å². The van der Waals surface area contributed by atoms with Crippen molar-refractivity contribution < 1.29 is 23.9 Å². The molecule has 6 heteroatoms. The van der Waals surface area contributed by atoms with Gasteiger partial charge in [0.1, 0.15) is 17.4 Å². The fourth-order valence-electron chi connectivity index (χ4n) is 4.19. The van der Waals surface area contributed by atoms with Crippen LogP contribution < -0.4 is 10.1 Å². The van der Waals surface area contributed by atoms with Gasteiger partial charge in [0.2, 0.25) is 5.91 Å². The van der Waals surface area contributed by atoms with Crippen molar-refractivity contribution in [2.75, 3.05) is 6.61 Å². The zero-order valence-electron chi connectivity index (χ0n) is 28.4. The van der Waals surface area contributed by atoms with E-state index in [0.29, 0.717) is 12.8 Å². The van der Waals surface area contributed by atoms with Crippen molar-refractivity contribution in [2.24, 2.45) is 5.92 Å². The SMILES string of the molecule is CC/C=C\C/C=C\C/C=C\C/C=C\C/C=C\C/C=C\C/C=C\CCC(=O)NC(CC(C)C)C(=O)Oc1ccccc1C(=O)OCC. The second-order valence-corrected chi connectivity index (χ2v) is 11.0.